The molecule has 0 N–H and O–H groups in total. The Bertz CT molecular complexity index is 2400. The number of ketones is 1. The van der Waals surface area contributed by atoms with Gasteiger partial charge in [-0.1, -0.05) is 190 Å². The van der Waals surface area contributed by atoms with E-state index in [0.29, 0.717) is 31.8 Å². The third kappa shape index (κ3) is 11.0. The number of allylic oxidation sites excluding steroid dienone is 1. The zero-order valence-corrected chi connectivity index (χ0v) is 47.2. The van der Waals surface area contributed by atoms with Crippen LogP contribution in [0.3, 0.4) is 0 Å². The fraction of sp³-hybridized carbons (Fsp3) is 0.450. The number of carbonyl (C=O) groups excluding carboxylic acids is 1. The van der Waals surface area contributed by atoms with Crippen LogP contribution in [0.2, 0.25) is 28.2 Å². The first kappa shape index (κ1) is 53.4. The number of hydrogen-bond donors (Lipinski definition) is 0. The minimum absolute atomic E-state index is 0.00982. The van der Waals surface area contributed by atoms with Crippen molar-refractivity contribution in [1.82, 2.24) is 0 Å². The molecule has 0 saturated heterocycles. The maximum absolute atomic E-state index is 15.6. The van der Waals surface area contributed by atoms with Crippen LogP contribution in [-0.4, -0.2) is 70.6 Å². The molecule has 5 aromatic rings. The third-order valence-corrected chi connectivity index (χ3v) is 30.2. The van der Waals surface area contributed by atoms with Gasteiger partial charge in [0, 0.05) is 30.5 Å². The molecule has 0 spiro atoms. The monoisotopic (exact) mass is 997 g/mol. The molecule has 0 unspecified atom stereocenters. The summed E-state index contributed by atoms with van der Waals surface area (Å²) in [7, 11) is -6.87. The van der Waals surface area contributed by atoms with Crippen molar-refractivity contribution in [3.8, 4) is 11.5 Å². The summed E-state index contributed by atoms with van der Waals surface area (Å²) in [5, 5.41) is 4.33. The Hall–Kier alpha value is -4.40. The van der Waals surface area contributed by atoms with Crippen LogP contribution in [0.25, 0.3) is 0 Å². The molecule has 2 bridgehead atoms. The summed E-state index contributed by atoms with van der Waals surface area (Å²) in [6, 6.07) is 51.1. The topological polar surface area (TPSA) is 72.5 Å². The second kappa shape index (κ2) is 21.8. The summed E-state index contributed by atoms with van der Waals surface area (Å²) in [6.07, 6.45) is 4.69. The van der Waals surface area contributed by atoms with E-state index in [-0.39, 0.29) is 40.2 Å². The van der Waals surface area contributed by atoms with Crippen LogP contribution in [0.5, 0.6) is 11.5 Å². The molecule has 1 fully saturated rings. The highest BCUT2D eigenvalue weighted by atomic mass is 28.4. The SMILES string of the molecule is COc1ccc(OCOC[C@@H]2C[C@@](CCO[Si](c3ccccc3)(c3ccccc3)C(C)(C)C)(CO[Si](c3ccccc3)(c3ccccc3)C(C)(C)C)C3=CCC[C@H](C2=O)[C@@H]3O[Si](C)(C)C(C)(C)C)cc1. The Kier molecular flexibility index (Phi) is 16.6. The van der Waals surface area contributed by atoms with Crippen LogP contribution >= 0.6 is 0 Å². The molecule has 0 heterocycles. The van der Waals surface area contributed by atoms with Gasteiger partial charge in [0.25, 0.3) is 16.6 Å². The highest BCUT2D eigenvalue weighted by Gasteiger charge is 2.57. The summed E-state index contributed by atoms with van der Waals surface area (Å²) >= 11 is 0. The number of Topliss-reactive ketones (excluding diaryl/α,β-unsaturated/α-hetero) is 1. The largest absolute Gasteiger partial charge is 0.497 e. The lowest BCUT2D eigenvalue weighted by Gasteiger charge is -2.49. The van der Waals surface area contributed by atoms with Gasteiger partial charge < -0.3 is 27.5 Å². The quantitative estimate of drug-likeness (QED) is 0.0353. The smallest absolute Gasteiger partial charge is 0.261 e. The molecule has 10 heteroatoms. The summed E-state index contributed by atoms with van der Waals surface area (Å²) in [6.45, 7) is 26.6. The van der Waals surface area contributed by atoms with Gasteiger partial charge >= 0.3 is 0 Å². The van der Waals surface area contributed by atoms with Gasteiger partial charge in [0.1, 0.15) is 17.3 Å². The summed E-state index contributed by atoms with van der Waals surface area (Å²) in [4.78, 5) is 15.6. The van der Waals surface area contributed by atoms with E-state index in [0.717, 1.165) is 18.6 Å². The van der Waals surface area contributed by atoms with Crippen LogP contribution in [0.15, 0.2) is 157 Å². The van der Waals surface area contributed by atoms with Gasteiger partial charge in [-0.15, -0.1) is 0 Å². The molecule has 70 heavy (non-hydrogen) atoms. The third-order valence-electron chi connectivity index (χ3n) is 15.7. The Balaban J connectivity index is 1.39. The number of hydrogen-bond acceptors (Lipinski definition) is 7. The van der Waals surface area contributed by atoms with Crippen molar-refractivity contribution in [2.24, 2.45) is 17.3 Å². The lowest BCUT2D eigenvalue weighted by Crippen LogP contribution is -2.67. The van der Waals surface area contributed by atoms with Crippen molar-refractivity contribution in [2.45, 2.75) is 122 Å². The minimum atomic E-state index is -3.10. The van der Waals surface area contributed by atoms with Gasteiger partial charge in [0.05, 0.1) is 19.8 Å². The van der Waals surface area contributed by atoms with E-state index in [1.165, 1.54) is 26.3 Å². The first-order valence-corrected chi connectivity index (χ1v) is 32.2. The Labute approximate surface area is 423 Å². The number of fused-ring (bicyclic) bond motifs is 2. The molecular formula is C60H80O7Si3. The van der Waals surface area contributed by atoms with Crippen LogP contribution in [0.1, 0.15) is 88.0 Å². The zero-order valence-electron chi connectivity index (χ0n) is 44.2. The van der Waals surface area contributed by atoms with Crippen molar-refractivity contribution >= 4 is 51.5 Å². The lowest BCUT2D eigenvalue weighted by atomic mass is 9.70. The molecule has 2 aliphatic rings. The van der Waals surface area contributed by atoms with E-state index in [9.17, 15) is 0 Å². The molecule has 0 aliphatic heterocycles. The first-order valence-electron chi connectivity index (χ1n) is 25.5. The maximum Gasteiger partial charge on any atom is 0.261 e. The van der Waals surface area contributed by atoms with E-state index in [2.05, 4.69) is 203 Å². The van der Waals surface area contributed by atoms with Gasteiger partial charge in [-0.3, -0.25) is 4.79 Å². The second-order valence-corrected chi connectivity index (χ2v) is 36.6. The molecule has 2 aliphatic carbocycles. The molecular weight excluding hydrogens is 917 g/mol. The molecule has 5 aromatic carbocycles. The summed E-state index contributed by atoms with van der Waals surface area (Å²) < 4.78 is 41.6. The van der Waals surface area contributed by atoms with Gasteiger partial charge in [0.15, 0.2) is 15.1 Å². The molecule has 7 nitrogen and oxygen atoms in total. The predicted octanol–water partition coefficient (Wildman–Crippen LogP) is 11.9. The number of carbonyl (C=O) groups is 1. The van der Waals surface area contributed by atoms with Crippen LogP contribution < -0.4 is 30.2 Å². The molecule has 0 radical (unpaired) electrons. The Morgan fingerprint density at radius 3 is 1.50 bits per heavy atom. The second-order valence-electron chi connectivity index (χ2n) is 23.2. The normalized spacial score (nSPS) is 20.4. The number of methoxy groups -OCH3 is 1. The van der Waals surface area contributed by atoms with Crippen molar-refractivity contribution in [1.29, 1.82) is 0 Å². The number of rotatable bonds is 19. The summed E-state index contributed by atoms with van der Waals surface area (Å²) in [5.41, 5.74) is 0.518. The fourth-order valence-electron chi connectivity index (χ4n) is 11.1. The van der Waals surface area contributed by atoms with Gasteiger partial charge in [-0.2, -0.15) is 0 Å². The van der Waals surface area contributed by atoms with Crippen molar-refractivity contribution in [3.63, 3.8) is 0 Å². The van der Waals surface area contributed by atoms with Gasteiger partial charge in [-0.05, 0) is 104 Å². The van der Waals surface area contributed by atoms with Crippen molar-refractivity contribution in [2.75, 3.05) is 33.7 Å². The van der Waals surface area contributed by atoms with E-state index >= 15 is 4.79 Å². The first-order chi connectivity index (χ1) is 33.2. The van der Waals surface area contributed by atoms with Crippen molar-refractivity contribution < 1.29 is 32.3 Å². The van der Waals surface area contributed by atoms with Crippen LogP contribution in [0, 0.1) is 17.3 Å². The summed E-state index contributed by atoms with van der Waals surface area (Å²) in [5.74, 6) is 0.860. The Morgan fingerprint density at radius 2 is 1.06 bits per heavy atom. The molecule has 1 saturated carbocycles. The van der Waals surface area contributed by atoms with Crippen molar-refractivity contribution in [3.05, 3.63) is 157 Å². The van der Waals surface area contributed by atoms with Crippen LogP contribution in [-0.2, 0) is 22.8 Å². The standard InChI is InChI=1S/C60H80O7Si3/c1-57(2,3)68(11,12)67-56-53-34-25-35-54(56)60(42-46(55(53)61)43-63-45-64-48-38-36-47(62-10)37-39-48,44-66-70(59(7,8)9,51-30-21-15-22-31-51)52-32-23-16-24-33-52)40-41-65-69(58(4,5)6,49-26-17-13-18-27-49)50-28-19-14-20-29-50/h13-24,26-33,35-39,46,53,56H,25,34,40-45H2,1-12H3/t46-,53+,56-,60-/m0/s1. The van der Waals surface area contributed by atoms with E-state index in [4.69, 9.17) is 27.5 Å². The van der Waals surface area contributed by atoms with Gasteiger partial charge in [-0.25, -0.2) is 0 Å². The average Bonchev–Trinajstić information content (AvgIpc) is 3.37. The number of benzene rings is 5. The number of ether oxygens (including phenoxy) is 3. The molecule has 4 atom stereocenters. The van der Waals surface area contributed by atoms with E-state index < -0.39 is 42.4 Å². The molecule has 7 rings (SSSR count). The zero-order chi connectivity index (χ0) is 50.4. The molecule has 374 valence electrons. The minimum Gasteiger partial charge on any atom is -0.497 e. The van der Waals surface area contributed by atoms with Gasteiger partial charge in [0.2, 0.25) is 0 Å². The van der Waals surface area contributed by atoms with E-state index in [1.54, 1.807) is 7.11 Å². The molecule has 0 aromatic heterocycles. The van der Waals surface area contributed by atoms with Crippen LogP contribution in [0.4, 0.5) is 0 Å². The fourth-order valence-corrected chi connectivity index (χ4v) is 21.6. The Morgan fingerprint density at radius 1 is 0.600 bits per heavy atom. The highest BCUT2D eigenvalue weighted by molar-refractivity contribution is 7.00. The van der Waals surface area contributed by atoms with E-state index in [1.807, 2.05) is 24.3 Å². The predicted molar refractivity (Wildman–Crippen MR) is 295 cm³/mol. The average molecular weight is 998 g/mol. The lowest BCUT2D eigenvalue weighted by molar-refractivity contribution is -0.132. The highest BCUT2D eigenvalue weighted by Crippen LogP contribution is 2.53. The maximum atomic E-state index is 15.6. The molecule has 0 amide bonds.